The zero-order chi connectivity index (χ0) is 12.3. The van der Waals surface area contributed by atoms with Gasteiger partial charge in [-0.05, 0) is 23.6 Å². The van der Waals surface area contributed by atoms with Crippen molar-refractivity contribution in [3.63, 3.8) is 0 Å². The van der Waals surface area contributed by atoms with Gasteiger partial charge in [0, 0.05) is 14.9 Å². The number of nitriles is 1. The van der Waals surface area contributed by atoms with Crippen LogP contribution in [0, 0.1) is 11.3 Å². The standard InChI is InChI=1S/C13H8BrNOS/c14-10-4-1-3-9(7-10)13(16)11(8-15)12-5-2-6-17-12/h1-7,11H. The molecule has 2 nitrogen and oxygen atoms in total. The summed E-state index contributed by atoms with van der Waals surface area (Å²) in [6, 6.07) is 12.8. The van der Waals surface area contributed by atoms with E-state index in [0.29, 0.717) is 5.56 Å². The number of hydrogen-bond acceptors (Lipinski definition) is 3. The van der Waals surface area contributed by atoms with Crippen LogP contribution in [0.2, 0.25) is 0 Å². The number of benzene rings is 1. The molecule has 0 aliphatic carbocycles. The fourth-order valence-electron chi connectivity index (χ4n) is 1.52. The quantitative estimate of drug-likeness (QED) is 0.804. The molecule has 17 heavy (non-hydrogen) atoms. The smallest absolute Gasteiger partial charge is 0.185 e. The lowest BCUT2D eigenvalue weighted by molar-refractivity contribution is 0.0980. The summed E-state index contributed by atoms with van der Waals surface area (Å²) in [4.78, 5) is 13.0. The second-order valence-corrected chi connectivity index (χ2v) is 5.35. The molecule has 0 aliphatic rings. The van der Waals surface area contributed by atoms with Crippen molar-refractivity contribution in [3.8, 4) is 6.07 Å². The number of ketones is 1. The van der Waals surface area contributed by atoms with E-state index in [2.05, 4.69) is 22.0 Å². The van der Waals surface area contributed by atoms with Crippen molar-refractivity contribution in [1.29, 1.82) is 5.26 Å². The molecule has 1 aromatic carbocycles. The summed E-state index contributed by atoms with van der Waals surface area (Å²) in [7, 11) is 0. The average Bonchev–Trinajstić information content (AvgIpc) is 2.83. The number of carbonyl (C=O) groups is 1. The maximum atomic E-state index is 12.2. The van der Waals surface area contributed by atoms with Gasteiger partial charge in [0.1, 0.15) is 5.92 Å². The van der Waals surface area contributed by atoms with Crippen molar-refractivity contribution >= 4 is 33.0 Å². The highest BCUT2D eigenvalue weighted by molar-refractivity contribution is 9.10. The van der Waals surface area contributed by atoms with Gasteiger partial charge in [-0.1, -0.05) is 34.1 Å². The zero-order valence-electron chi connectivity index (χ0n) is 8.76. The summed E-state index contributed by atoms with van der Waals surface area (Å²) in [5, 5.41) is 11.0. The maximum absolute atomic E-state index is 12.2. The van der Waals surface area contributed by atoms with E-state index in [0.717, 1.165) is 9.35 Å². The van der Waals surface area contributed by atoms with Crippen LogP contribution in [0.25, 0.3) is 0 Å². The molecule has 0 radical (unpaired) electrons. The Balaban J connectivity index is 2.34. The van der Waals surface area contributed by atoms with Crippen molar-refractivity contribution in [1.82, 2.24) is 0 Å². The molecule has 1 heterocycles. The number of halogens is 1. The largest absolute Gasteiger partial charge is 0.292 e. The molecular formula is C13H8BrNOS. The third-order valence-corrected chi connectivity index (χ3v) is 3.76. The summed E-state index contributed by atoms with van der Waals surface area (Å²) >= 11 is 4.75. The Bertz CT molecular complexity index is 571. The van der Waals surface area contributed by atoms with Crippen LogP contribution in [0.4, 0.5) is 0 Å². The van der Waals surface area contributed by atoms with Crippen molar-refractivity contribution in [2.45, 2.75) is 5.92 Å². The Hall–Kier alpha value is -1.44. The van der Waals surface area contributed by atoms with E-state index in [9.17, 15) is 4.79 Å². The molecule has 1 unspecified atom stereocenters. The molecule has 0 spiro atoms. The van der Waals surface area contributed by atoms with Gasteiger partial charge in [0.05, 0.1) is 6.07 Å². The molecule has 2 rings (SSSR count). The van der Waals surface area contributed by atoms with Crippen molar-refractivity contribution in [3.05, 3.63) is 56.7 Å². The van der Waals surface area contributed by atoms with Crippen LogP contribution in [0.5, 0.6) is 0 Å². The van der Waals surface area contributed by atoms with Crippen LogP contribution in [0.3, 0.4) is 0 Å². The number of Topliss-reactive ketones (excluding diaryl/α,β-unsaturated/α-hetero) is 1. The molecule has 4 heteroatoms. The summed E-state index contributed by atoms with van der Waals surface area (Å²) in [6.45, 7) is 0. The van der Waals surface area contributed by atoms with E-state index in [1.807, 2.05) is 23.6 Å². The van der Waals surface area contributed by atoms with E-state index >= 15 is 0 Å². The number of rotatable bonds is 3. The van der Waals surface area contributed by atoms with E-state index in [4.69, 9.17) is 5.26 Å². The minimum absolute atomic E-state index is 0.156. The Morgan fingerprint density at radius 2 is 2.18 bits per heavy atom. The number of thiophene rings is 1. The first-order chi connectivity index (χ1) is 8.22. The van der Waals surface area contributed by atoms with Gasteiger partial charge >= 0.3 is 0 Å². The first-order valence-corrected chi connectivity index (χ1v) is 6.62. The van der Waals surface area contributed by atoms with Crippen molar-refractivity contribution in [2.75, 3.05) is 0 Å². The SMILES string of the molecule is N#CC(C(=O)c1cccc(Br)c1)c1cccs1. The van der Waals surface area contributed by atoms with Crippen LogP contribution in [-0.2, 0) is 0 Å². The highest BCUT2D eigenvalue weighted by Crippen LogP contribution is 2.25. The zero-order valence-corrected chi connectivity index (χ0v) is 11.2. The first kappa shape index (κ1) is 12.0. The third kappa shape index (κ3) is 2.63. The molecule has 0 aliphatic heterocycles. The Kier molecular flexibility index (Phi) is 3.72. The highest BCUT2D eigenvalue weighted by atomic mass is 79.9. The van der Waals surface area contributed by atoms with Gasteiger partial charge in [0.2, 0.25) is 0 Å². The molecule has 0 saturated heterocycles. The molecule has 1 atom stereocenters. The minimum Gasteiger partial charge on any atom is -0.292 e. The normalized spacial score (nSPS) is 11.8. The van der Waals surface area contributed by atoms with Crippen LogP contribution < -0.4 is 0 Å². The second kappa shape index (κ2) is 5.26. The summed E-state index contributed by atoms with van der Waals surface area (Å²) in [6.07, 6.45) is 0. The van der Waals surface area contributed by atoms with Crippen LogP contribution in [0.15, 0.2) is 46.3 Å². The summed E-state index contributed by atoms with van der Waals surface area (Å²) in [5.41, 5.74) is 0.555. The van der Waals surface area contributed by atoms with E-state index in [-0.39, 0.29) is 5.78 Å². The monoisotopic (exact) mass is 305 g/mol. The molecule has 0 N–H and O–H groups in total. The van der Waals surface area contributed by atoms with Gasteiger partial charge in [-0.25, -0.2) is 0 Å². The fourth-order valence-corrected chi connectivity index (χ4v) is 2.68. The first-order valence-electron chi connectivity index (χ1n) is 4.95. The van der Waals surface area contributed by atoms with Gasteiger partial charge in [0.15, 0.2) is 5.78 Å². The van der Waals surface area contributed by atoms with E-state index in [1.54, 1.807) is 18.2 Å². The van der Waals surface area contributed by atoms with Crippen LogP contribution >= 0.6 is 27.3 Å². The number of nitrogens with zero attached hydrogens (tertiary/aromatic N) is 1. The fraction of sp³-hybridized carbons (Fsp3) is 0.0769. The van der Waals surface area contributed by atoms with Crippen molar-refractivity contribution < 1.29 is 4.79 Å². The topological polar surface area (TPSA) is 40.9 Å². The van der Waals surface area contributed by atoms with Crippen LogP contribution in [-0.4, -0.2) is 5.78 Å². The second-order valence-electron chi connectivity index (χ2n) is 3.45. The molecule has 0 saturated carbocycles. The molecule has 84 valence electrons. The molecular weight excluding hydrogens is 298 g/mol. The lowest BCUT2D eigenvalue weighted by Gasteiger charge is -2.06. The summed E-state index contributed by atoms with van der Waals surface area (Å²) < 4.78 is 0.839. The van der Waals surface area contributed by atoms with Gasteiger partial charge in [0.25, 0.3) is 0 Å². The van der Waals surface area contributed by atoms with E-state index < -0.39 is 5.92 Å². The lowest BCUT2D eigenvalue weighted by atomic mass is 9.97. The maximum Gasteiger partial charge on any atom is 0.185 e. The van der Waals surface area contributed by atoms with E-state index in [1.165, 1.54) is 11.3 Å². The average molecular weight is 306 g/mol. The molecule has 0 bridgehead atoms. The highest BCUT2D eigenvalue weighted by Gasteiger charge is 2.22. The molecule has 2 aromatic rings. The van der Waals surface area contributed by atoms with Gasteiger partial charge in [-0.3, -0.25) is 4.79 Å². The molecule has 0 amide bonds. The minimum atomic E-state index is -0.704. The molecule has 0 fully saturated rings. The Morgan fingerprint density at radius 3 is 2.76 bits per heavy atom. The van der Waals surface area contributed by atoms with Gasteiger partial charge in [-0.15, -0.1) is 11.3 Å². The number of hydrogen-bond donors (Lipinski definition) is 0. The van der Waals surface area contributed by atoms with Gasteiger partial charge < -0.3 is 0 Å². The van der Waals surface area contributed by atoms with Gasteiger partial charge in [-0.2, -0.15) is 5.26 Å². The number of carbonyl (C=O) groups excluding carboxylic acids is 1. The Labute approximate surface area is 112 Å². The Morgan fingerprint density at radius 1 is 1.35 bits per heavy atom. The third-order valence-electron chi connectivity index (χ3n) is 2.33. The summed E-state index contributed by atoms with van der Waals surface area (Å²) in [5.74, 6) is -0.861. The van der Waals surface area contributed by atoms with Crippen molar-refractivity contribution in [2.24, 2.45) is 0 Å². The predicted octanol–water partition coefficient (Wildman–Crippen LogP) is 4.00. The predicted molar refractivity (Wildman–Crippen MR) is 71.1 cm³/mol. The molecule has 1 aromatic heterocycles. The lowest BCUT2D eigenvalue weighted by Crippen LogP contribution is -2.09. The van der Waals surface area contributed by atoms with Crippen LogP contribution in [0.1, 0.15) is 21.2 Å².